The Bertz CT molecular complexity index is 1610. The van der Waals surface area contributed by atoms with E-state index in [-0.39, 0.29) is 10.8 Å². The van der Waals surface area contributed by atoms with Crippen molar-refractivity contribution in [1.29, 1.82) is 0 Å². The molecule has 212 valence electrons. The van der Waals surface area contributed by atoms with Crippen LogP contribution in [-0.4, -0.2) is 3.21 Å². The van der Waals surface area contributed by atoms with Crippen molar-refractivity contribution in [2.45, 2.75) is 52.4 Å². The second-order valence-corrected chi connectivity index (χ2v) is 14.7. The summed E-state index contributed by atoms with van der Waals surface area (Å²) in [6, 6.07) is 42.0. The Labute approximate surface area is 276 Å². The maximum atomic E-state index is 5.86. The molecule has 0 unspecified atom stereocenters. The molecule has 0 aliphatic carbocycles. The summed E-state index contributed by atoms with van der Waals surface area (Å²) in [7, 11) is 0. The SMILES string of the molecule is CC(C)(C)c1ccc2[cH-]c3ccc(C(C)(C)C)cc3c2c1.Clc1ccc([C](=[Zr+2])c2ccc(Cl)cc2)cc1.c1cc[cH-]c1. The van der Waals surface area contributed by atoms with Crippen molar-refractivity contribution < 1.29 is 24.2 Å². The van der Waals surface area contributed by atoms with E-state index in [2.05, 4.69) is 84.0 Å². The van der Waals surface area contributed by atoms with E-state index >= 15 is 0 Å². The summed E-state index contributed by atoms with van der Waals surface area (Å²) in [6.07, 6.45) is 0. The molecule has 0 atom stereocenters. The molecule has 0 aromatic heterocycles. The first-order valence-electron chi connectivity index (χ1n) is 14.2. The van der Waals surface area contributed by atoms with Gasteiger partial charge in [-0.05, 0) is 10.8 Å². The smallest absolute Gasteiger partial charge is 0.172 e. The molecule has 0 radical (unpaired) electrons. The zero-order valence-corrected chi connectivity index (χ0v) is 29.3. The van der Waals surface area contributed by atoms with Crippen molar-refractivity contribution in [1.82, 2.24) is 0 Å². The molecule has 0 aliphatic rings. The molecule has 0 amide bonds. The van der Waals surface area contributed by atoms with E-state index in [1.54, 1.807) is 0 Å². The van der Waals surface area contributed by atoms with E-state index in [0.29, 0.717) is 0 Å². The Morgan fingerprint density at radius 2 is 0.952 bits per heavy atom. The van der Waals surface area contributed by atoms with E-state index < -0.39 is 0 Å². The molecule has 0 heterocycles. The standard InChI is InChI=1S/C21H25.C13H8Cl2.C5H5.Zr/c1-20(2,3)16-9-7-14-11-15-8-10-17(21(4,5)6)13-19(15)18(14)12-16;14-12-5-1-10(2-6-12)9-11-3-7-13(15)8-4-11;1-2-4-5-3-1;/h7-13H,1-6H3;1-8H;1-5H;/q-1;;-1;+2. The summed E-state index contributed by atoms with van der Waals surface area (Å²) < 4.78 is 1.31. The molecule has 0 saturated carbocycles. The minimum Gasteiger partial charge on any atom is -0.214 e. The minimum absolute atomic E-state index is 0.194. The summed E-state index contributed by atoms with van der Waals surface area (Å²) in [5.41, 5.74) is 5.63. The van der Waals surface area contributed by atoms with E-state index in [1.807, 2.05) is 78.9 Å². The predicted molar refractivity (Wildman–Crippen MR) is 183 cm³/mol. The number of rotatable bonds is 2. The molecule has 0 N–H and O–H groups in total. The topological polar surface area (TPSA) is 0 Å². The maximum absolute atomic E-state index is 5.86. The third-order valence-corrected chi connectivity index (χ3v) is 9.18. The minimum atomic E-state index is 0.194. The van der Waals surface area contributed by atoms with Crippen LogP contribution in [0, 0.1) is 0 Å². The molecular formula is C39H38Cl2Zr. The quantitative estimate of drug-likeness (QED) is 0.161. The first kappa shape index (κ1) is 32.3. The molecule has 6 aromatic carbocycles. The Morgan fingerprint density at radius 3 is 1.26 bits per heavy atom. The zero-order chi connectivity index (χ0) is 30.5. The van der Waals surface area contributed by atoms with Gasteiger partial charge >= 0.3 is 120 Å². The normalized spacial score (nSPS) is 11.5. The third-order valence-electron chi connectivity index (χ3n) is 7.26. The molecule has 0 spiro atoms. The van der Waals surface area contributed by atoms with Crippen LogP contribution in [-0.2, 0) is 35.1 Å². The molecular weight excluding hydrogens is 631 g/mol. The largest absolute Gasteiger partial charge is 0.214 e. The fourth-order valence-electron chi connectivity index (χ4n) is 4.65. The van der Waals surface area contributed by atoms with Gasteiger partial charge in [-0.1, -0.05) is 76.9 Å². The third kappa shape index (κ3) is 8.51. The van der Waals surface area contributed by atoms with Gasteiger partial charge in [0, 0.05) is 0 Å². The van der Waals surface area contributed by atoms with Gasteiger partial charge in [0.2, 0.25) is 0 Å². The summed E-state index contributed by atoms with van der Waals surface area (Å²) >= 11 is 13.1. The summed E-state index contributed by atoms with van der Waals surface area (Å²) in [5, 5.41) is 7.02. The Balaban J connectivity index is 0.000000170. The van der Waals surface area contributed by atoms with Crippen molar-refractivity contribution in [3.05, 3.63) is 154 Å². The van der Waals surface area contributed by atoms with Crippen molar-refractivity contribution in [3.63, 3.8) is 0 Å². The molecule has 42 heavy (non-hydrogen) atoms. The van der Waals surface area contributed by atoms with Gasteiger partial charge < -0.3 is 0 Å². The van der Waals surface area contributed by atoms with E-state index in [0.717, 1.165) is 10.0 Å². The number of hydrogen-bond acceptors (Lipinski definition) is 0. The van der Waals surface area contributed by atoms with Gasteiger partial charge in [0.05, 0.1) is 0 Å². The van der Waals surface area contributed by atoms with Crippen LogP contribution in [0.3, 0.4) is 0 Å². The van der Waals surface area contributed by atoms with Gasteiger partial charge in [0.1, 0.15) is 0 Å². The summed E-state index contributed by atoms with van der Waals surface area (Å²) in [4.78, 5) is 0. The van der Waals surface area contributed by atoms with Crippen LogP contribution in [0.25, 0.3) is 21.5 Å². The Hall–Kier alpha value is -2.57. The molecule has 6 aromatic rings. The average Bonchev–Trinajstić information content (AvgIpc) is 3.64. The first-order valence-corrected chi connectivity index (χ1v) is 16.2. The van der Waals surface area contributed by atoms with Crippen LogP contribution in [0.15, 0.2) is 121 Å². The number of hydrogen-bond donors (Lipinski definition) is 0. The molecule has 3 heteroatoms. The van der Waals surface area contributed by atoms with Crippen LogP contribution in [0.4, 0.5) is 0 Å². The maximum Gasteiger partial charge on any atom is -0.172 e. The van der Waals surface area contributed by atoms with Crippen molar-refractivity contribution in [2.75, 3.05) is 0 Å². The molecule has 0 bridgehead atoms. The van der Waals surface area contributed by atoms with E-state index in [4.69, 9.17) is 23.2 Å². The first-order chi connectivity index (χ1) is 19.8. The van der Waals surface area contributed by atoms with Crippen LogP contribution >= 0.6 is 23.2 Å². The fourth-order valence-corrected chi connectivity index (χ4v) is 5.72. The van der Waals surface area contributed by atoms with E-state index in [1.165, 1.54) is 71.2 Å². The van der Waals surface area contributed by atoms with Crippen molar-refractivity contribution in [3.8, 4) is 0 Å². The second kappa shape index (κ2) is 13.8. The van der Waals surface area contributed by atoms with Crippen LogP contribution in [0.2, 0.25) is 10.0 Å². The number of benzene rings is 4. The zero-order valence-electron chi connectivity index (χ0n) is 25.3. The average molecular weight is 669 g/mol. The molecule has 0 aliphatic heterocycles. The van der Waals surface area contributed by atoms with Crippen LogP contribution in [0.5, 0.6) is 0 Å². The van der Waals surface area contributed by atoms with Gasteiger partial charge in [-0.3, -0.25) is 0 Å². The molecule has 6 rings (SSSR count). The van der Waals surface area contributed by atoms with Gasteiger partial charge in [-0.25, -0.2) is 12.1 Å². The predicted octanol–water partition coefficient (Wildman–Crippen LogP) is 11.8. The molecule has 0 saturated heterocycles. The monoisotopic (exact) mass is 666 g/mol. The second-order valence-electron chi connectivity index (χ2n) is 12.6. The summed E-state index contributed by atoms with van der Waals surface area (Å²) in [6.45, 7) is 13.7. The molecule has 0 fully saturated rings. The Kier molecular flexibility index (Phi) is 10.6. The molecule has 0 nitrogen and oxygen atoms in total. The van der Waals surface area contributed by atoms with Gasteiger partial charge in [0.25, 0.3) is 0 Å². The van der Waals surface area contributed by atoms with Crippen LogP contribution < -0.4 is 0 Å². The summed E-state index contributed by atoms with van der Waals surface area (Å²) in [5.74, 6) is 0. The van der Waals surface area contributed by atoms with Crippen molar-refractivity contribution >= 4 is 48.0 Å². The van der Waals surface area contributed by atoms with E-state index in [9.17, 15) is 0 Å². The van der Waals surface area contributed by atoms with Gasteiger partial charge in [-0.2, -0.15) is 18.2 Å². The number of fused-ring (bicyclic) bond motifs is 3. The van der Waals surface area contributed by atoms with Gasteiger partial charge in [0.15, 0.2) is 0 Å². The van der Waals surface area contributed by atoms with Crippen LogP contribution in [0.1, 0.15) is 63.8 Å². The Morgan fingerprint density at radius 1 is 0.571 bits per heavy atom. The van der Waals surface area contributed by atoms with Gasteiger partial charge in [-0.15, -0.1) is 39.7 Å². The fraction of sp³-hybridized carbons (Fsp3) is 0.205. The van der Waals surface area contributed by atoms with Crippen molar-refractivity contribution in [2.24, 2.45) is 0 Å². The number of halogens is 2.